The van der Waals surface area contributed by atoms with E-state index in [0.717, 1.165) is 14.9 Å². The molecule has 0 radical (unpaired) electrons. The number of hydrogen-bond acceptors (Lipinski definition) is 2. The Bertz CT molecular complexity index is 996. The molecule has 0 aliphatic rings. The number of carbonyl (C=O) groups is 1. The Kier molecular flexibility index (Phi) is 6.83. The SMILES string of the molecule is Cc1ccc(S/C(=C/c2ccc(Cl)c(Cl)c2)C(=O)c2ccc(Br)cc2)cc1. The molecule has 136 valence electrons. The molecule has 0 N–H and O–H groups in total. The summed E-state index contributed by atoms with van der Waals surface area (Å²) in [6, 6.07) is 20.8. The monoisotopic (exact) mass is 476 g/mol. The van der Waals surface area contributed by atoms with Crippen LogP contribution in [0.5, 0.6) is 0 Å². The van der Waals surface area contributed by atoms with Crippen molar-refractivity contribution in [3.8, 4) is 0 Å². The van der Waals surface area contributed by atoms with Crippen molar-refractivity contribution in [3.63, 3.8) is 0 Å². The van der Waals surface area contributed by atoms with Crippen LogP contribution in [0.2, 0.25) is 10.0 Å². The third-order valence-electron chi connectivity index (χ3n) is 3.82. The van der Waals surface area contributed by atoms with Crippen LogP contribution in [0.4, 0.5) is 0 Å². The number of halogens is 3. The third-order valence-corrected chi connectivity index (χ3v) is 6.12. The van der Waals surface area contributed by atoms with Crippen LogP contribution in [-0.4, -0.2) is 5.78 Å². The van der Waals surface area contributed by atoms with Gasteiger partial charge in [-0.25, -0.2) is 0 Å². The van der Waals surface area contributed by atoms with Crippen LogP contribution in [0.15, 0.2) is 81.0 Å². The van der Waals surface area contributed by atoms with E-state index in [1.807, 2.05) is 67.6 Å². The van der Waals surface area contributed by atoms with Crippen LogP contribution < -0.4 is 0 Å². The minimum Gasteiger partial charge on any atom is -0.288 e. The van der Waals surface area contributed by atoms with Gasteiger partial charge in [0.15, 0.2) is 5.78 Å². The molecule has 0 bridgehead atoms. The second-order valence-corrected chi connectivity index (χ2v) is 8.78. The number of hydrogen-bond donors (Lipinski definition) is 0. The fourth-order valence-corrected chi connectivity index (χ4v) is 3.87. The molecule has 0 spiro atoms. The van der Waals surface area contributed by atoms with E-state index in [9.17, 15) is 4.79 Å². The summed E-state index contributed by atoms with van der Waals surface area (Å²) in [5.41, 5.74) is 2.63. The van der Waals surface area contributed by atoms with Gasteiger partial charge in [-0.1, -0.05) is 74.7 Å². The molecule has 0 atom stereocenters. The number of thioether (sulfide) groups is 1. The van der Waals surface area contributed by atoms with Crippen LogP contribution in [0.1, 0.15) is 21.5 Å². The summed E-state index contributed by atoms with van der Waals surface area (Å²) in [7, 11) is 0. The molecule has 5 heteroatoms. The van der Waals surface area contributed by atoms with Gasteiger partial charge in [0, 0.05) is 14.9 Å². The quantitative estimate of drug-likeness (QED) is 0.210. The zero-order valence-corrected chi connectivity index (χ0v) is 18.3. The molecule has 0 heterocycles. The van der Waals surface area contributed by atoms with E-state index >= 15 is 0 Å². The van der Waals surface area contributed by atoms with Crippen LogP contribution in [0, 0.1) is 6.92 Å². The molecule has 0 saturated heterocycles. The molecule has 0 aliphatic carbocycles. The van der Waals surface area contributed by atoms with E-state index in [4.69, 9.17) is 23.2 Å². The first-order valence-corrected chi connectivity index (χ1v) is 10.5. The fraction of sp³-hybridized carbons (Fsp3) is 0.0455. The minimum atomic E-state index is -0.0425. The Morgan fingerprint density at radius 3 is 2.22 bits per heavy atom. The molecule has 0 saturated carbocycles. The standard InChI is InChI=1S/C22H15BrCl2OS/c1-14-2-9-18(10-3-14)27-21(13-15-4-11-19(24)20(25)12-15)22(26)16-5-7-17(23)8-6-16/h2-13H,1H3/b21-13+. The smallest absolute Gasteiger partial charge is 0.199 e. The van der Waals surface area contributed by atoms with Crippen molar-refractivity contribution in [2.45, 2.75) is 11.8 Å². The van der Waals surface area contributed by atoms with E-state index in [1.54, 1.807) is 12.1 Å². The van der Waals surface area contributed by atoms with Gasteiger partial charge in [0.2, 0.25) is 0 Å². The van der Waals surface area contributed by atoms with Crippen molar-refractivity contribution in [2.24, 2.45) is 0 Å². The van der Waals surface area contributed by atoms with Crippen molar-refractivity contribution in [1.82, 2.24) is 0 Å². The van der Waals surface area contributed by atoms with Crippen molar-refractivity contribution in [3.05, 3.63) is 103 Å². The molecular formula is C22H15BrCl2OS. The van der Waals surface area contributed by atoms with E-state index in [1.165, 1.54) is 17.3 Å². The summed E-state index contributed by atoms with van der Waals surface area (Å²) in [5.74, 6) is -0.0425. The third kappa shape index (κ3) is 5.49. The molecule has 0 aromatic heterocycles. The molecule has 0 unspecified atom stereocenters. The Balaban J connectivity index is 2.00. The molecule has 0 fully saturated rings. The molecule has 0 amide bonds. The highest BCUT2D eigenvalue weighted by molar-refractivity contribution is 9.10. The van der Waals surface area contributed by atoms with Gasteiger partial charge in [-0.15, -0.1) is 0 Å². The maximum Gasteiger partial charge on any atom is 0.199 e. The zero-order chi connectivity index (χ0) is 19.4. The number of carbonyl (C=O) groups excluding carboxylic acids is 1. The van der Waals surface area contributed by atoms with Gasteiger partial charge in [-0.3, -0.25) is 4.79 Å². The van der Waals surface area contributed by atoms with Gasteiger partial charge in [0.1, 0.15) is 0 Å². The summed E-state index contributed by atoms with van der Waals surface area (Å²) in [6.45, 7) is 2.04. The van der Waals surface area contributed by atoms with Gasteiger partial charge in [0.25, 0.3) is 0 Å². The van der Waals surface area contributed by atoms with Gasteiger partial charge in [0.05, 0.1) is 15.0 Å². The summed E-state index contributed by atoms with van der Waals surface area (Å²) < 4.78 is 0.931. The van der Waals surface area contributed by atoms with Gasteiger partial charge < -0.3 is 0 Å². The van der Waals surface area contributed by atoms with E-state index in [-0.39, 0.29) is 5.78 Å². The predicted molar refractivity (Wildman–Crippen MR) is 120 cm³/mol. The lowest BCUT2D eigenvalue weighted by Gasteiger charge is -2.08. The Morgan fingerprint density at radius 1 is 0.926 bits per heavy atom. The average Bonchev–Trinajstić information content (AvgIpc) is 2.66. The molecule has 3 aromatic rings. The molecule has 1 nitrogen and oxygen atoms in total. The number of Topliss-reactive ketones (excluding diaryl/α,β-unsaturated/α-hetero) is 1. The Morgan fingerprint density at radius 2 is 1.59 bits per heavy atom. The highest BCUT2D eigenvalue weighted by Crippen LogP contribution is 2.32. The molecule has 3 rings (SSSR count). The zero-order valence-electron chi connectivity index (χ0n) is 14.4. The molecule has 3 aromatic carbocycles. The van der Waals surface area contributed by atoms with Crippen molar-refractivity contribution in [2.75, 3.05) is 0 Å². The molecule has 0 aliphatic heterocycles. The maximum absolute atomic E-state index is 13.1. The van der Waals surface area contributed by atoms with Crippen molar-refractivity contribution in [1.29, 1.82) is 0 Å². The fourth-order valence-electron chi connectivity index (χ4n) is 2.37. The summed E-state index contributed by atoms with van der Waals surface area (Å²) in [5, 5.41) is 0.946. The minimum absolute atomic E-state index is 0.0425. The predicted octanol–water partition coefficient (Wildman–Crippen LogP) is 8.08. The second-order valence-electron chi connectivity index (χ2n) is 5.93. The highest BCUT2D eigenvalue weighted by Gasteiger charge is 2.15. The largest absolute Gasteiger partial charge is 0.288 e. The Labute approximate surface area is 181 Å². The second kappa shape index (κ2) is 9.11. The normalized spacial score (nSPS) is 11.5. The summed E-state index contributed by atoms with van der Waals surface area (Å²) in [6.07, 6.45) is 1.84. The average molecular weight is 478 g/mol. The number of allylic oxidation sites excluding steroid dienone is 1. The van der Waals surface area contributed by atoms with Crippen LogP contribution >= 0.6 is 50.9 Å². The van der Waals surface area contributed by atoms with E-state index in [2.05, 4.69) is 15.9 Å². The topological polar surface area (TPSA) is 17.1 Å². The molecule has 27 heavy (non-hydrogen) atoms. The van der Waals surface area contributed by atoms with Gasteiger partial charge in [-0.05, 0) is 67.1 Å². The summed E-state index contributed by atoms with van der Waals surface area (Å²) in [4.78, 5) is 14.7. The van der Waals surface area contributed by atoms with Crippen LogP contribution in [0.25, 0.3) is 6.08 Å². The number of aryl methyl sites for hydroxylation is 1. The first-order chi connectivity index (χ1) is 12.9. The lowest BCUT2D eigenvalue weighted by atomic mass is 10.1. The number of rotatable bonds is 5. The van der Waals surface area contributed by atoms with Crippen molar-refractivity contribution < 1.29 is 4.79 Å². The van der Waals surface area contributed by atoms with Gasteiger partial charge in [-0.2, -0.15) is 0 Å². The number of ketones is 1. The van der Waals surface area contributed by atoms with E-state index in [0.29, 0.717) is 20.5 Å². The Hall–Kier alpha value is -1.52. The van der Waals surface area contributed by atoms with Crippen LogP contribution in [0.3, 0.4) is 0 Å². The van der Waals surface area contributed by atoms with Gasteiger partial charge >= 0.3 is 0 Å². The van der Waals surface area contributed by atoms with E-state index < -0.39 is 0 Å². The first-order valence-electron chi connectivity index (χ1n) is 8.14. The first kappa shape index (κ1) is 20.2. The number of benzene rings is 3. The summed E-state index contributed by atoms with van der Waals surface area (Å²) >= 11 is 17.0. The van der Waals surface area contributed by atoms with Crippen molar-refractivity contribution >= 4 is 62.8 Å². The maximum atomic E-state index is 13.1. The van der Waals surface area contributed by atoms with Crippen LogP contribution in [-0.2, 0) is 0 Å². The lowest BCUT2D eigenvalue weighted by molar-refractivity contribution is 0.104. The highest BCUT2D eigenvalue weighted by atomic mass is 79.9. The lowest BCUT2D eigenvalue weighted by Crippen LogP contribution is -2.01. The molecular weight excluding hydrogens is 463 g/mol.